The molecule has 3 aromatic rings. The molecule has 1 amide bonds. The number of amides is 1. The third-order valence-electron chi connectivity index (χ3n) is 4.93. The van der Waals surface area contributed by atoms with Gasteiger partial charge >= 0.3 is 6.61 Å². The van der Waals surface area contributed by atoms with Crippen LogP contribution in [-0.4, -0.2) is 34.4 Å². The van der Waals surface area contributed by atoms with Crippen molar-refractivity contribution in [2.75, 3.05) is 7.11 Å². The third-order valence-corrected chi connectivity index (χ3v) is 4.93. The Labute approximate surface area is 173 Å². The molecule has 3 rings (SSSR count). The van der Waals surface area contributed by atoms with E-state index in [-0.39, 0.29) is 24.6 Å². The van der Waals surface area contributed by atoms with Crippen molar-refractivity contribution >= 4 is 16.9 Å². The molecule has 0 saturated heterocycles. The second-order valence-corrected chi connectivity index (χ2v) is 6.93. The molecule has 9 heteroatoms. The number of nitrogens with one attached hydrogen (secondary N) is 1. The van der Waals surface area contributed by atoms with Crippen LogP contribution in [0.15, 0.2) is 24.3 Å². The molecule has 0 radical (unpaired) electrons. The van der Waals surface area contributed by atoms with Crippen molar-refractivity contribution in [2.24, 2.45) is 7.05 Å². The van der Waals surface area contributed by atoms with Crippen molar-refractivity contribution in [2.45, 2.75) is 39.8 Å². The lowest BCUT2D eigenvalue weighted by Crippen LogP contribution is -2.23. The first-order valence-electron chi connectivity index (χ1n) is 9.47. The molecule has 0 spiro atoms. The predicted molar refractivity (Wildman–Crippen MR) is 108 cm³/mol. The summed E-state index contributed by atoms with van der Waals surface area (Å²) in [4.78, 5) is 17.0. The van der Waals surface area contributed by atoms with Crippen molar-refractivity contribution in [1.82, 2.24) is 20.1 Å². The van der Waals surface area contributed by atoms with Gasteiger partial charge in [-0.05, 0) is 49.1 Å². The Kier molecular flexibility index (Phi) is 6.49. The van der Waals surface area contributed by atoms with Crippen LogP contribution in [0.1, 0.15) is 28.8 Å². The van der Waals surface area contributed by atoms with Gasteiger partial charge in [-0.3, -0.25) is 4.79 Å². The fourth-order valence-electron chi connectivity index (χ4n) is 3.47. The Balaban J connectivity index is 1.66. The highest BCUT2D eigenvalue weighted by Crippen LogP contribution is 2.30. The van der Waals surface area contributed by atoms with Crippen LogP contribution in [-0.2, 0) is 24.8 Å². The number of aryl methyl sites for hydroxylation is 3. The van der Waals surface area contributed by atoms with E-state index < -0.39 is 6.61 Å². The van der Waals surface area contributed by atoms with Crippen molar-refractivity contribution in [3.63, 3.8) is 0 Å². The largest absolute Gasteiger partial charge is 0.479 e. The molecule has 30 heavy (non-hydrogen) atoms. The van der Waals surface area contributed by atoms with E-state index in [1.807, 2.05) is 20.9 Å². The third kappa shape index (κ3) is 4.67. The van der Waals surface area contributed by atoms with Gasteiger partial charge in [0, 0.05) is 25.7 Å². The summed E-state index contributed by atoms with van der Waals surface area (Å²) < 4.78 is 36.1. The van der Waals surface area contributed by atoms with Gasteiger partial charge in [0.15, 0.2) is 5.65 Å². The van der Waals surface area contributed by atoms with Gasteiger partial charge in [0.1, 0.15) is 5.75 Å². The Morgan fingerprint density at radius 1 is 1.30 bits per heavy atom. The molecule has 0 atom stereocenters. The Hall–Kier alpha value is -3.23. The summed E-state index contributed by atoms with van der Waals surface area (Å²) in [5.74, 6) is 0.425. The number of hydrogen-bond donors (Lipinski definition) is 1. The van der Waals surface area contributed by atoms with Gasteiger partial charge < -0.3 is 14.8 Å². The molecule has 0 bridgehead atoms. The molecule has 7 nitrogen and oxygen atoms in total. The maximum absolute atomic E-state index is 12.3. The zero-order chi connectivity index (χ0) is 21.8. The van der Waals surface area contributed by atoms with E-state index in [0.29, 0.717) is 17.9 Å². The number of carbonyl (C=O) groups is 1. The van der Waals surface area contributed by atoms with Gasteiger partial charge in [-0.1, -0.05) is 12.1 Å². The molecule has 0 fully saturated rings. The summed E-state index contributed by atoms with van der Waals surface area (Å²) in [6, 6.07) is 6.26. The highest BCUT2D eigenvalue weighted by atomic mass is 19.3. The number of rotatable bonds is 8. The second-order valence-electron chi connectivity index (χ2n) is 6.93. The van der Waals surface area contributed by atoms with Crippen LogP contribution in [0.5, 0.6) is 11.6 Å². The van der Waals surface area contributed by atoms with Crippen molar-refractivity contribution in [3.05, 3.63) is 46.6 Å². The minimum absolute atomic E-state index is 0.0628. The molecule has 0 saturated carbocycles. The van der Waals surface area contributed by atoms with Crippen molar-refractivity contribution < 1.29 is 23.0 Å². The van der Waals surface area contributed by atoms with Crippen molar-refractivity contribution in [3.8, 4) is 11.6 Å². The molecule has 0 aliphatic rings. The first-order chi connectivity index (χ1) is 14.3. The second kappa shape index (κ2) is 9.06. The van der Waals surface area contributed by atoms with Gasteiger partial charge in [0.25, 0.3) is 0 Å². The number of alkyl halides is 2. The zero-order valence-electron chi connectivity index (χ0n) is 17.3. The van der Waals surface area contributed by atoms with Crippen LogP contribution in [0, 0.1) is 13.8 Å². The van der Waals surface area contributed by atoms with Crippen molar-refractivity contribution in [1.29, 1.82) is 0 Å². The van der Waals surface area contributed by atoms with E-state index >= 15 is 0 Å². The lowest BCUT2D eigenvalue weighted by Gasteiger charge is -2.12. The van der Waals surface area contributed by atoms with Crippen LogP contribution in [0.4, 0.5) is 8.78 Å². The number of carbonyl (C=O) groups excluding carboxylic acids is 1. The number of pyridine rings is 1. The van der Waals surface area contributed by atoms with E-state index in [2.05, 4.69) is 20.1 Å². The monoisotopic (exact) mass is 418 g/mol. The molecular weight excluding hydrogens is 394 g/mol. The van der Waals surface area contributed by atoms with E-state index in [1.165, 1.54) is 12.1 Å². The normalized spacial score (nSPS) is 11.2. The van der Waals surface area contributed by atoms with Crippen LogP contribution < -0.4 is 14.8 Å². The van der Waals surface area contributed by atoms with E-state index in [9.17, 15) is 13.6 Å². The molecule has 0 unspecified atom stereocenters. The highest BCUT2D eigenvalue weighted by Gasteiger charge is 2.18. The summed E-state index contributed by atoms with van der Waals surface area (Å²) in [7, 11) is 3.38. The Morgan fingerprint density at radius 3 is 2.77 bits per heavy atom. The molecule has 160 valence electrons. The minimum atomic E-state index is -2.88. The van der Waals surface area contributed by atoms with Crippen LogP contribution in [0.2, 0.25) is 0 Å². The number of methoxy groups -OCH3 is 1. The quantitative estimate of drug-likeness (QED) is 0.606. The average Bonchev–Trinajstić information content (AvgIpc) is 3.01. The highest BCUT2D eigenvalue weighted by molar-refractivity contribution is 5.86. The summed E-state index contributed by atoms with van der Waals surface area (Å²) in [5, 5.41) is 7.98. The standard InChI is InChI=1S/C21H24F2N4O3/c1-12-16(13(2)25-19-18(12)20(29-4)26-27(19)3)8-9-17(28)24-11-14-6-5-7-15(10-14)30-21(22)23/h5-7,10,21H,8-9,11H2,1-4H3,(H,24,28). The predicted octanol–water partition coefficient (Wildman–Crippen LogP) is 3.44. The van der Waals surface area contributed by atoms with Gasteiger partial charge in [-0.2, -0.15) is 8.78 Å². The summed E-state index contributed by atoms with van der Waals surface area (Å²) in [6.07, 6.45) is 0.781. The first-order valence-corrected chi connectivity index (χ1v) is 9.47. The fourth-order valence-corrected chi connectivity index (χ4v) is 3.47. The van der Waals surface area contributed by atoms with Gasteiger partial charge in [0.2, 0.25) is 11.8 Å². The summed E-state index contributed by atoms with van der Waals surface area (Å²) in [5.41, 5.74) is 4.23. The van der Waals surface area contributed by atoms with Crippen LogP contribution >= 0.6 is 0 Å². The lowest BCUT2D eigenvalue weighted by atomic mass is 10.00. The number of nitrogens with zero attached hydrogens (tertiary/aromatic N) is 3. The zero-order valence-corrected chi connectivity index (χ0v) is 17.3. The number of halogens is 2. The average molecular weight is 418 g/mol. The SMILES string of the molecule is COc1nn(C)c2nc(C)c(CCC(=O)NCc3cccc(OC(F)F)c3)c(C)c12. The van der Waals surface area contributed by atoms with Crippen LogP contribution in [0.25, 0.3) is 11.0 Å². The smallest absolute Gasteiger partial charge is 0.387 e. The first kappa shape index (κ1) is 21.5. The number of ether oxygens (including phenoxy) is 2. The maximum atomic E-state index is 12.3. The molecule has 2 aromatic heterocycles. The van der Waals surface area contributed by atoms with E-state index in [1.54, 1.807) is 23.9 Å². The molecule has 0 aliphatic carbocycles. The minimum Gasteiger partial charge on any atom is -0.479 e. The fraction of sp³-hybridized carbons (Fsp3) is 0.381. The maximum Gasteiger partial charge on any atom is 0.387 e. The lowest BCUT2D eigenvalue weighted by molar-refractivity contribution is -0.121. The summed E-state index contributed by atoms with van der Waals surface area (Å²) >= 11 is 0. The van der Waals surface area contributed by atoms with Crippen LogP contribution in [0.3, 0.4) is 0 Å². The molecule has 2 heterocycles. The molecule has 1 N–H and O–H groups in total. The number of aromatic nitrogens is 3. The Morgan fingerprint density at radius 2 is 2.07 bits per heavy atom. The number of hydrogen-bond acceptors (Lipinski definition) is 5. The van der Waals surface area contributed by atoms with Gasteiger partial charge in [-0.25, -0.2) is 9.67 Å². The topological polar surface area (TPSA) is 78.3 Å². The molecular formula is C21H24F2N4O3. The van der Waals surface area contributed by atoms with E-state index in [0.717, 1.165) is 27.9 Å². The molecule has 0 aliphatic heterocycles. The molecule has 1 aromatic carbocycles. The summed E-state index contributed by atoms with van der Waals surface area (Å²) in [6.45, 7) is 1.23. The van der Waals surface area contributed by atoms with Gasteiger partial charge in [-0.15, -0.1) is 5.10 Å². The number of benzene rings is 1. The van der Waals surface area contributed by atoms with Gasteiger partial charge in [0.05, 0.1) is 12.5 Å². The number of fused-ring (bicyclic) bond motifs is 1. The van der Waals surface area contributed by atoms with E-state index in [4.69, 9.17) is 4.74 Å². The Bertz CT molecular complexity index is 1070.